The lowest BCUT2D eigenvalue weighted by Gasteiger charge is -2.25. The van der Waals surface area contributed by atoms with Gasteiger partial charge in [0, 0.05) is 11.9 Å². The van der Waals surface area contributed by atoms with Crippen molar-refractivity contribution in [2.45, 2.75) is 6.92 Å². The molecule has 0 aliphatic rings. The van der Waals surface area contributed by atoms with Crippen LogP contribution >= 0.6 is 11.3 Å². The molecule has 0 saturated heterocycles. The molecule has 0 radical (unpaired) electrons. The zero-order chi connectivity index (χ0) is 11.7. The molecule has 88 valence electrons. The second-order valence-corrected chi connectivity index (χ2v) is 4.41. The third-order valence-electron chi connectivity index (χ3n) is 2.64. The van der Waals surface area contributed by atoms with Crippen LogP contribution in [0.15, 0.2) is 11.4 Å². The number of fused-ring (bicyclic) bond motifs is 1. The van der Waals surface area contributed by atoms with Crippen LogP contribution in [0.2, 0.25) is 0 Å². The van der Waals surface area contributed by atoms with Crippen molar-refractivity contribution in [2.75, 3.05) is 36.2 Å². The summed E-state index contributed by atoms with van der Waals surface area (Å²) in [7, 11) is 0. The average molecular weight is 240 g/mol. The molecule has 6 heteroatoms. The van der Waals surface area contributed by atoms with Crippen molar-refractivity contribution < 1.29 is 5.11 Å². The number of hydrogen-bond donors (Lipinski definition) is 3. The van der Waals surface area contributed by atoms with Crippen molar-refractivity contribution >= 4 is 33.1 Å². The number of hydrogen-bond acceptors (Lipinski definition) is 5. The van der Waals surface area contributed by atoms with Gasteiger partial charge in [-0.2, -0.15) is 0 Å². The van der Waals surface area contributed by atoms with E-state index in [4.69, 9.17) is 16.6 Å². The summed E-state index contributed by atoms with van der Waals surface area (Å²) in [6, 6.07) is 1.97. The Hall–Kier alpha value is -1.40. The van der Waals surface area contributed by atoms with Crippen molar-refractivity contribution in [1.29, 1.82) is 0 Å². The molecular weight excluding hydrogens is 224 g/mol. The first-order valence-corrected chi connectivity index (χ1v) is 6.07. The zero-order valence-electron chi connectivity index (χ0n) is 9.18. The lowest BCUT2D eigenvalue weighted by molar-refractivity contribution is 0.293. The fraction of sp³-hybridized carbons (Fsp3) is 0.400. The molecule has 0 unspecified atom stereocenters. The summed E-state index contributed by atoms with van der Waals surface area (Å²) in [6.07, 6.45) is 0. The van der Waals surface area contributed by atoms with Crippen molar-refractivity contribution in [2.24, 2.45) is 0 Å². The molecule has 0 spiro atoms. The molecule has 16 heavy (non-hydrogen) atoms. The normalized spacial score (nSPS) is 11.1. The quantitative estimate of drug-likeness (QED) is 0.739. The molecular formula is C10H16N4OS. The molecule has 0 aromatic carbocycles. The van der Waals surface area contributed by atoms with Gasteiger partial charge in [-0.1, -0.05) is 0 Å². The highest BCUT2D eigenvalue weighted by atomic mass is 32.1. The number of rotatable bonds is 4. The van der Waals surface area contributed by atoms with Gasteiger partial charge in [0.05, 0.1) is 18.8 Å². The Morgan fingerprint density at radius 2 is 2.25 bits per heavy atom. The second-order valence-electron chi connectivity index (χ2n) is 3.52. The molecule has 2 aromatic heterocycles. The maximum absolute atomic E-state index is 9.03. The molecule has 2 heterocycles. The van der Waals surface area contributed by atoms with E-state index in [0.29, 0.717) is 18.1 Å². The van der Waals surface area contributed by atoms with E-state index >= 15 is 0 Å². The smallest absolute Gasteiger partial charge is 0.148 e. The topological polar surface area (TPSA) is 80.4 Å². The van der Waals surface area contributed by atoms with E-state index in [0.717, 1.165) is 16.8 Å². The summed E-state index contributed by atoms with van der Waals surface area (Å²) in [6.45, 7) is 3.43. The fourth-order valence-corrected chi connectivity index (χ4v) is 2.78. The summed E-state index contributed by atoms with van der Waals surface area (Å²) < 4.78 is 1.89. The van der Waals surface area contributed by atoms with Gasteiger partial charge in [0.2, 0.25) is 0 Å². The van der Waals surface area contributed by atoms with Gasteiger partial charge in [0.25, 0.3) is 0 Å². The number of aliphatic hydroxyl groups excluding tert-OH is 1. The number of aliphatic hydroxyl groups is 1. The Morgan fingerprint density at radius 3 is 2.88 bits per heavy atom. The second kappa shape index (κ2) is 4.23. The Kier molecular flexibility index (Phi) is 2.93. The SMILES string of the molecule is CCN(CCO)n1c(N)c(N)c2ccsc21. The summed E-state index contributed by atoms with van der Waals surface area (Å²) in [5.74, 6) is 0.553. The van der Waals surface area contributed by atoms with Crippen LogP contribution in [0.3, 0.4) is 0 Å². The highest BCUT2D eigenvalue weighted by molar-refractivity contribution is 7.17. The largest absolute Gasteiger partial charge is 0.395 e. The van der Waals surface area contributed by atoms with Gasteiger partial charge in [0.15, 0.2) is 0 Å². The first-order chi connectivity index (χ1) is 7.70. The molecule has 0 amide bonds. The summed E-state index contributed by atoms with van der Waals surface area (Å²) >= 11 is 1.60. The third-order valence-corrected chi connectivity index (χ3v) is 3.53. The molecule has 0 aliphatic carbocycles. The minimum atomic E-state index is 0.0955. The maximum atomic E-state index is 9.03. The lowest BCUT2D eigenvalue weighted by Crippen LogP contribution is -2.37. The fourth-order valence-electron chi connectivity index (χ4n) is 1.83. The minimum absolute atomic E-state index is 0.0955. The van der Waals surface area contributed by atoms with Gasteiger partial charge in [-0.15, -0.1) is 11.3 Å². The number of aromatic nitrogens is 1. The molecule has 0 aliphatic heterocycles. The molecule has 5 nitrogen and oxygen atoms in total. The van der Waals surface area contributed by atoms with E-state index in [1.165, 1.54) is 0 Å². The zero-order valence-corrected chi connectivity index (χ0v) is 10.00. The molecule has 0 atom stereocenters. The van der Waals surface area contributed by atoms with Gasteiger partial charge in [0.1, 0.15) is 10.6 Å². The van der Waals surface area contributed by atoms with Crippen LogP contribution in [0.1, 0.15) is 6.92 Å². The number of nitrogens with zero attached hydrogens (tertiary/aromatic N) is 2. The van der Waals surface area contributed by atoms with E-state index < -0.39 is 0 Å². The van der Waals surface area contributed by atoms with Gasteiger partial charge in [-0.05, 0) is 18.4 Å². The number of nitrogens with two attached hydrogens (primary N) is 2. The number of anilines is 2. The highest BCUT2D eigenvalue weighted by Gasteiger charge is 2.17. The predicted octanol–water partition coefficient (Wildman–Crippen LogP) is 0.817. The Labute approximate surface area is 97.8 Å². The first kappa shape index (κ1) is 11.1. The average Bonchev–Trinajstić information content (AvgIpc) is 2.82. The van der Waals surface area contributed by atoms with E-state index in [1.54, 1.807) is 11.3 Å². The lowest BCUT2D eigenvalue weighted by atomic mass is 10.3. The molecule has 0 bridgehead atoms. The predicted molar refractivity (Wildman–Crippen MR) is 69.4 cm³/mol. The molecule has 0 saturated carbocycles. The highest BCUT2D eigenvalue weighted by Crippen LogP contribution is 2.34. The third kappa shape index (κ3) is 1.50. The molecule has 0 fully saturated rings. The van der Waals surface area contributed by atoms with Crippen LogP contribution in [0, 0.1) is 0 Å². The van der Waals surface area contributed by atoms with Gasteiger partial charge in [-0.25, -0.2) is 4.68 Å². The van der Waals surface area contributed by atoms with Crippen LogP contribution in [0.4, 0.5) is 11.5 Å². The van der Waals surface area contributed by atoms with Crippen LogP contribution in [0.25, 0.3) is 10.2 Å². The Morgan fingerprint density at radius 1 is 1.50 bits per heavy atom. The minimum Gasteiger partial charge on any atom is -0.395 e. The van der Waals surface area contributed by atoms with Gasteiger partial charge >= 0.3 is 0 Å². The molecule has 5 N–H and O–H groups in total. The van der Waals surface area contributed by atoms with Crippen molar-refractivity contribution in [3.8, 4) is 0 Å². The Balaban J connectivity index is 2.56. The number of likely N-dealkylation sites (N-methyl/N-ethyl adjacent to an activating group) is 1. The van der Waals surface area contributed by atoms with E-state index in [-0.39, 0.29) is 6.61 Å². The number of thiophene rings is 1. The van der Waals surface area contributed by atoms with Gasteiger partial charge < -0.3 is 21.6 Å². The monoisotopic (exact) mass is 240 g/mol. The van der Waals surface area contributed by atoms with E-state index in [2.05, 4.69) is 0 Å². The Bertz CT molecular complexity index is 490. The van der Waals surface area contributed by atoms with Crippen molar-refractivity contribution in [3.63, 3.8) is 0 Å². The van der Waals surface area contributed by atoms with Crippen molar-refractivity contribution in [3.05, 3.63) is 11.4 Å². The summed E-state index contributed by atoms with van der Waals surface area (Å²) in [5.41, 5.74) is 12.5. The van der Waals surface area contributed by atoms with Crippen LogP contribution in [-0.2, 0) is 0 Å². The van der Waals surface area contributed by atoms with Crippen molar-refractivity contribution in [1.82, 2.24) is 4.68 Å². The van der Waals surface area contributed by atoms with Gasteiger partial charge in [-0.3, -0.25) is 0 Å². The van der Waals surface area contributed by atoms with Crippen LogP contribution in [-0.4, -0.2) is 29.5 Å². The van der Waals surface area contributed by atoms with Crippen LogP contribution < -0.4 is 16.5 Å². The molecule has 2 aromatic rings. The summed E-state index contributed by atoms with van der Waals surface area (Å²) in [5, 5.41) is 14.0. The van der Waals surface area contributed by atoms with E-state index in [1.807, 2.05) is 28.1 Å². The van der Waals surface area contributed by atoms with E-state index in [9.17, 15) is 0 Å². The number of nitrogen functional groups attached to an aromatic ring is 2. The van der Waals surface area contributed by atoms with Crippen LogP contribution in [0.5, 0.6) is 0 Å². The standard InChI is InChI=1S/C10H16N4OS/c1-2-13(4-5-15)14-9(12)8(11)7-3-6-16-10(7)14/h3,6,15H,2,4-5,11-12H2,1H3. The molecule has 2 rings (SSSR count). The summed E-state index contributed by atoms with van der Waals surface area (Å²) in [4.78, 5) is 1.03. The first-order valence-electron chi connectivity index (χ1n) is 5.19. The maximum Gasteiger partial charge on any atom is 0.148 e.